The lowest BCUT2D eigenvalue weighted by atomic mass is 10.2. The van der Waals surface area contributed by atoms with Gasteiger partial charge in [0.25, 0.3) is 0 Å². The van der Waals surface area contributed by atoms with E-state index in [1.54, 1.807) is 0 Å². The number of pyridine rings is 1. The number of aryl methyl sites for hydroxylation is 2. The number of aromatic nitrogens is 1. The van der Waals surface area contributed by atoms with Crippen LogP contribution in [0.15, 0.2) is 53.0 Å². The van der Waals surface area contributed by atoms with Gasteiger partial charge < -0.3 is 4.74 Å². The quantitative estimate of drug-likeness (QED) is 0.628. The van der Waals surface area contributed by atoms with Crippen LogP contribution in [0.25, 0.3) is 10.9 Å². The lowest BCUT2D eigenvalue weighted by molar-refractivity contribution is 0.460. The van der Waals surface area contributed by atoms with Crippen LogP contribution >= 0.6 is 15.9 Å². The molecule has 0 fully saturated rings. The summed E-state index contributed by atoms with van der Waals surface area (Å²) in [6, 6.07) is 16.1. The third kappa shape index (κ3) is 2.54. The van der Waals surface area contributed by atoms with E-state index in [-0.39, 0.29) is 0 Å². The molecular formula is C17H14BrNO. The van der Waals surface area contributed by atoms with Crippen LogP contribution in [-0.2, 0) is 0 Å². The SMILES string of the molecule is Cc1cc(Oc2nc3ccccc3cc2C)ccc1Br. The minimum Gasteiger partial charge on any atom is -0.439 e. The van der Waals surface area contributed by atoms with Crippen molar-refractivity contribution in [3.63, 3.8) is 0 Å². The number of nitrogens with zero attached hydrogens (tertiary/aromatic N) is 1. The molecule has 0 amide bonds. The molecule has 0 aliphatic heterocycles. The van der Waals surface area contributed by atoms with Gasteiger partial charge >= 0.3 is 0 Å². The Bertz CT molecular complexity index is 783. The Labute approximate surface area is 126 Å². The maximum atomic E-state index is 5.92. The Morgan fingerprint density at radius 3 is 2.55 bits per heavy atom. The second kappa shape index (κ2) is 5.25. The Hall–Kier alpha value is -1.87. The summed E-state index contributed by atoms with van der Waals surface area (Å²) in [5.74, 6) is 1.46. The lowest BCUT2D eigenvalue weighted by Crippen LogP contribution is -1.93. The first-order chi connectivity index (χ1) is 9.63. The van der Waals surface area contributed by atoms with Gasteiger partial charge in [-0.25, -0.2) is 4.98 Å². The molecular weight excluding hydrogens is 314 g/mol. The Morgan fingerprint density at radius 1 is 0.950 bits per heavy atom. The molecule has 20 heavy (non-hydrogen) atoms. The van der Waals surface area contributed by atoms with Gasteiger partial charge in [0.05, 0.1) is 5.52 Å². The van der Waals surface area contributed by atoms with Crippen LogP contribution in [0.1, 0.15) is 11.1 Å². The number of fused-ring (bicyclic) bond motifs is 1. The number of ether oxygens (including phenoxy) is 1. The van der Waals surface area contributed by atoms with Gasteiger partial charge in [0.1, 0.15) is 5.75 Å². The third-order valence-corrected chi connectivity index (χ3v) is 4.10. The number of benzene rings is 2. The van der Waals surface area contributed by atoms with E-state index in [1.165, 1.54) is 0 Å². The minimum absolute atomic E-state index is 0.658. The maximum absolute atomic E-state index is 5.92. The predicted molar refractivity (Wildman–Crippen MR) is 85.4 cm³/mol. The second-order valence-corrected chi connectivity index (χ2v) is 5.67. The van der Waals surface area contributed by atoms with Crippen LogP contribution < -0.4 is 4.74 Å². The highest BCUT2D eigenvalue weighted by molar-refractivity contribution is 9.10. The van der Waals surface area contributed by atoms with E-state index in [0.29, 0.717) is 5.88 Å². The fourth-order valence-corrected chi connectivity index (χ4v) is 2.35. The van der Waals surface area contributed by atoms with Gasteiger partial charge in [0.2, 0.25) is 5.88 Å². The van der Waals surface area contributed by atoms with E-state index in [9.17, 15) is 0 Å². The van der Waals surface area contributed by atoms with Crippen LogP contribution in [-0.4, -0.2) is 4.98 Å². The normalized spacial score (nSPS) is 10.8. The van der Waals surface area contributed by atoms with Gasteiger partial charge in [-0.05, 0) is 49.7 Å². The topological polar surface area (TPSA) is 22.1 Å². The van der Waals surface area contributed by atoms with Gasteiger partial charge in [0, 0.05) is 15.4 Å². The summed E-state index contributed by atoms with van der Waals surface area (Å²) in [6.45, 7) is 4.05. The Kier molecular flexibility index (Phi) is 3.45. The van der Waals surface area contributed by atoms with Crippen LogP contribution in [0.3, 0.4) is 0 Å². The molecule has 3 aromatic rings. The fraction of sp³-hybridized carbons (Fsp3) is 0.118. The summed E-state index contributed by atoms with van der Waals surface area (Å²) in [4.78, 5) is 4.59. The molecule has 0 aliphatic carbocycles. The first-order valence-electron chi connectivity index (χ1n) is 6.44. The van der Waals surface area contributed by atoms with Gasteiger partial charge in [-0.1, -0.05) is 34.1 Å². The summed E-state index contributed by atoms with van der Waals surface area (Å²) in [5.41, 5.74) is 3.12. The van der Waals surface area contributed by atoms with Gasteiger partial charge in [-0.2, -0.15) is 0 Å². The van der Waals surface area contributed by atoms with E-state index in [0.717, 1.165) is 32.3 Å². The zero-order chi connectivity index (χ0) is 14.1. The highest BCUT2D eigenvalue weighted by atomic mass is 79.9. The van der Waals surface area contributed by atoms with Crippen LogP contribution in [0, 0.1) is 13.8 Å². The number of halogens is 1. The average molecular weight is 328 g/mol. The number of para-hydroxylation sites is 1. The van der Waals surface area contributed by atoms with Crippen LogP contribution in [0.4, 0.5) is 0 Å². The molecule has 0 N–H and O–H groups in total. The molecule has 2 nitrogen and oxygen atoms in total. The highest BCUT2D eigenvalue weighted by Crippen LogP contribution is 2.28. The fourth-order valence-electron chi connectivity index (χ4n) is 2.10. The molecule has 0 saturated carbocycles. The molecule has 0 aliphatic rings. The van der Waals surface area contributed by atoms with Crippen molar-refractivity contribution in [2.45, 2.75) is 13.8 Å². The summed E-state index contributed by atoms with van der Waals surface area (Å²) in [6.07, 6.45) is 0. The lowest BCUT2D eigenvalue weighted by Gasteiger charge is -2.10. The first-order valence-corrected chi connectivity index (χ1v) is 7.23. The zero-order valence-electron chi connectivity index (χ0n) is 11.4. The molecule has 2 aromatic carbocycles. The zero-order valence-corrected chi connectivity index (χ0v) is 12.9. The van der Waals surface area contributed by atoms with Gasteiger partial charge in [0.15, 0.2) is 0 Å². The van der Waals surface area contributed by atoms with Crippen molar-refractivity contribution in [1.82, 2.24) is 4.98 Å². The Morgan fingerprint density at radius 2 is 1.75 bits per heavy atom. The molecule has 100 valence electrons. The summed E-state index contributed by atoms with van der Waals surface area (Å²) in [5, 5.41) is 1.13. The monoisotopic (exact) mass is 327 g/mol. The molecule has 3 heteroatoms. The van der Waals surface area contributed by atoms with Crippen molar-refractivity contribution in [3.8, 4) is 11.6 Å². The molecule has 0 bridgehead atoms. The first kappa shape index (κ1) is 13.1. The van der Waals surface area contributed by atoms with Gasteiger partial charge in [-0.3, -0.25) is 0 Å². The van der Waals surface area contributed by atoms with E-state index < -0.39 is 0 Å². The van der Waals surface area contributed by atoms with E-state index in [1.807, 2.05) is 50.2 Å². The molecule has 0 unspecified atom stereocenters. The summed E-state index contributed by atoms with van der Waals surface area (Å²) in [7, 11) is 0. The summed E-state index contributed by atoms with van der Waals surface area (Å²) >= 11 is 3.49. The molecule has 0 radical (unpaired) electrons. The smallest absolute Gasteiger partial charge is 0.222 e. The van der Waals surface area contributed by atoms with Crippen molar-refractivity contribution in [1.29, 1.82) is 0 Å². The van der Waals surface area contributed by atoms with Crippen LogP contribution in [0.5, 0.6) is 11.6 Å². The predicted octanol–water partition coefficient (Wildman–Crippen LogP) is 5.41. The largest absolute Gasteiger partial charge is 0.439 e. The molecule has 1 heterocycles. The number of hydrogen-bond donors (Lipinski definition) is 0. The number of rotatable bonds is 2. The highest BCUT2D eigenvalue weighted by Gasteiger charge is 2.06. The molecule has 0 spiro atoms. The molecule has 3 rings (SSSR count). The van der Waals surface area contributed by atoms with Crippen molar-refractivity contribution in [2.75, 3.05) is 0 Å². The minimum atomic E-state index is 0.658. The average Bonchev–Trinajstić information content (AvgIpc) is 2.44. The van der Waals surface area contributed by atoms with Crippen molar-refractivity contribution in [3.05, 3.63) is 64.1 Å². The molecule has 0 saturated heterocycles. The van der Waals surface area contributed by atoms with E-state index in [4.69, 9.17) is 4.74 Å². The molecule has 1 aromatic heterocycles. The number of hydrogen-bond acceptors (Lipinski definition) is 2. The van der Waals surface area contributed by atoms with Crippen molar-refractivity contribution < 1.29 is 4.74 Å². The van der Waals surface area contributed by atoms with Gasteiger partial charge in [-0.15, -0.1) is 0 Å². The van der Waals surface area contributed by atoms with Crippen molar-refractivity contribution >= 4 is 26.8 Å². The maximum Gasteiger partial charge on any atom is 0.222 e. The second-order valence-electron chi connectivity index (χ2n) is 4.82. The Balaban J connectivity index is 2.01. The van der Waals surface area contributed by atoms with Crippen molar-refractivity contribution in [2.24, 2.45) is 0 Å². The standard InChI is InChI=1S/C17H14BrNO/c1-11-10-14(7-8-15(11)18)20-17-12(2)9-13-5-3-4-6-16(13)19-17/h3-10H,1-2H3. The van der Waals surface area contributed by atoms with E-state index >= 15 is 0 Å². The van der Waals surface area contributed by atoms with E-state index in [2.05, 4.69) is 33.0 Å². The third-order valence-electron chi connectivity index (χ3n) is 3.21. The molecule has 0 atom stereocenters. The summed E-state index contributed by atoms with van der Waals surface area (Å²) < 4.78 is 7.00. The van der Waals surface area contributed by atoms with Crippen LogP contribution in [0.2, 0.25) is 0 Å².